The minimum Gasteiger partial charge on any atom is -0.348 e. The summed E-state index contributed by atoms with van der Waals surface area (Å²) in [5.41, 5.74) is 2.67. The van der Waals surface area contributed by atoms with Crippen LogP contribution >= 0.6 is 11.6 Å². The lowest BCUT2D eigenvalue weighted by atomic mass is 9.89. The van der Waals surface area contributed by atoms with Crippen LogP contribution in [0.15, 0.2) is 72.8 Å². The van der Waals surface area contributed by atoms with Crippen molar-refractivity contribution in [2.45, 2.75) is 25.3 Å². The van der Waals surface area contributed by atoms with Crippen molar-refractivity contribution >= 4 is 29.2 Å². The number of nitrogens with one attached hydrogen (secondary N) is 2. The number of nitrogens with zero attached hydrogens (tertiary/aromatic N) is 1. The maximum Gasteiger partial charge on any atom is 0.321 e. The van der Waals surface area contributed by atoms with Crippen LogP contribution in [0.4, 0.5) is 14.9 Å². The highest BCUT2D eigenvalue weighted by atomic mass is 35.5. The van der Waals surface area contributed by atoms with Gasteiger partial charge in [0.15, 0.2) is 0 Å². The first-order valence-electron chi connectivity index (χ1n) is 10.9. The molecular weight excluding hydrogens is 441 g/mol. The molecule has 1 heterocycles. The van der Waals surface area contributed by atoms with Crippen LogP contribution in [0.1, 0.15) is 40.2 Å². The van der Waals surface area contributed by atoms with Crippen molar-refractivity contribution in [3.05, 3.63) is 100 Å². The van der Waals surface area contributed by atoms with Crippen LogP contribution in [0, 0.1) is 5.82 Å². The van der Waals surface area contributed by atoms with E-state index < -0.39 is 0 Å². The third kappa shape index (κ3) is 5.90. The molecule has 0 aromatic heterocycles. The maximum absolute atomic E-state index is 13.8. The molecule has 0 bridgehead atoms. The van der Waals surface area contributed by atoms with E-state index in [1.54, 1.807) is 53.4 Å². The van der Waals surface area contributed by atoms with E-state index in [9.17, 15) is 14.0 Å². The monoisotopic (exact) mass is 465 g/mol. The Labute approximate surface area is 197 Å². The standard InChI is InChI=1S/C26H25ClFN3O2/c27-22-10-12-23(13-11-22)30-26(33)31-14-4-8-21(17-31)18-6-3-7-19(15-18)25(32)29-16-20-5-1-2-9-24(20)28/h1-3,5-7,9-13,15,21H,4,8,14,16-17H2,(H,29,32)(H,30,33). The summed E-state index contributed by atoms with van der Waals surface area (Å²) in [5, 5.41) is 6.31. The van der Waals surface area contributed by atoms with Gasteiger partial charge in [-0.2, -0.15) is 0 Å². The molecule has 3 aromatic rings. The third-order valence-electron chi connectivity index (χ3n) is 5.82. The summed E-state index contributed by atoms with van der Waals surface area (Å²) in [4.78, 5) is 27.2. The summed E-state index contributed by atoms with van der Waals surface area (Å²) in [6.07, 6.45) is 1.81. The average Bonchev–Trinajstić information content (AvgIpc) is 2.85. The van der Waals surface area contributed by atoms with Crippen molar-refractivity contribution < 1.29 is 14.0 Å². The summed E-state index contributed by atoms with van der Waals surface area (Å²) in [6, 6.07) is 20.7. The molecule has 3 aromatic carbocycles. The van der Waals surface area contributed by atoms with E-state index in [4.69, 9.17) is 11.6 Å². The second kappa shape index (κ2) is 10.5. The molecule has 1 unspecified atom stereocenters. The number of amides is 3. The van der Waals surface area contributed by atoms with E-state index in [-0.39, 0.29) is 30.2 Å². The first-order chi connectivity index (χ1) is 16.0. The van der Waals surface area contributed by atoms with E-state index in [0.29, 0.717) is 34.9 Å². The van der Waals surface area contributed by atoms with Gasteiger partial charge in [-0.3, -0.25) is 4.79 Å². The van der Waals surface area contributed by atoms with Crippen molar-refractivity contribution in [1.29, 1.82) is 0 Å². The number of halogens is 2. The highest BCUT2D eigenvalue weighted by molar-refractivity contribution is 6.30. The summed E-state index contributed by atoms with van der Waals surface area (Å²) in [7, 11) is 0. The first-order valence-corrected chi connectivity index (χ1v) is 11.3. The van der Waals surface area contributed by atoms with E-state index in [2.05, 4.69) is 10.6 Å². The molecule has 0 saturated carbocycles. The van der Waals surface area contributed by atoms with Gasteiger partial charge >= 0.3 is 6.03 Å². The Morgan fingerprint density at radius 1 is 1.03 bits per heavy atom. The van der Waals surface area contributed by atoms with Crippen LogP contribution in [0.3, 0.4) is 0 Å². The smallest absolute Gasteiger partial charge is 0.321 e. The van der Waals surface area contributed by atoms with Crippen molar-refractivity contribution in [2.24, 2.45) is 0 Å². The Morgan fingerprint density at radius 3 is 2.61 bits per heavy atom. The summed E-state index contributed by atoms with van der Waals surface area (Å²) in [6.45, 7) is 1.37. The SMILES string of the molecule is O=C(NCc1ccccc1F)c1cccc(C2CCCN(C(=O)Nc3ccc(Cl)cc3)C2)c1. The van der Waals surface area contributed by atoms with Crippen LogP contribution in [0.5, 0.6) is 0 Å². The van der Waals surface area contributed by atoms with Gasteiger partial charge in [-0.1, -0.05) is 41.9 Å². The lowest BCUT2D eigenvalue weighted by Gasteiger charge is -2.33. The van der Waals surface area contributed by atoms with Crippen LogP contribution in [0.2, 0.25) is 5.02 Å². The van der Waals surface area contributed by atoms with E-state index >= 15 is 0 Å². The van der Waals surface area contributed by atoms with Gasteiger partial charge in [0.05, 0.1) is 0 Å². The molecule has 0 aliphatic carbocycles. The second-order valence-electron chi connectivity index (χ2n) is 8.12. The molecule has 0 radical (unpaired) electrons. The second-order valence-corrected chi connectivity index (χ2v) is 8.56. The number of hydrogen-bond donors (Lipinski definition) is 2. The van der Waals surface area contributed by atoms with Gasteiger partial charge in [-0.15, -0.1) is 0 Å². The number of hydrogen-bond acceptors (Lipinski definition) is 2. The average molecular weight is 466 g/mol. The van der Waals surface area contributed by atoms with E-state index in [0.717, 1.165) is 18.4 Å². The quantitative estimate of drug-likeness (QED) is 0.498. The van der Waals surface area contributed by atoms with Crippen LogP contribution < -0.4 is 10.6 Å². The predicted molar refractivity (Wildman–Crippen MR) is 128 cm³/mol. The Balaban J connectivity index is 1.38. The minimum absolute atomic E-state index is 0.123. The molecule has 1 atom stereocenters. The fourth-order valence-corrected chi connectivity index (χ4v) is 4.15. The number of carbonyl (C=O) groups excluding carboxylic acids is 2. The third-order valence-corrected chi connectivity index (χ3v) is 6.07. The number of likely N-dealkylation sites (tertiary alicyclic amines) is 1. The molecule has 1 aliphatic heterocycles. The highest BCUT2D eigenvalue weighted by Crippen LogP contribution is 2.28. The molecule has 3 amide bonds. The van der Waals surface area contributed by atoms with Gasteiger partial charge in [-0.25, -0.2) is 9.18 Å². The minimum atomic E-state index is -0.342. The van der Waals surface area contributed by atoms with Crippen LogP contribution in [-0.4, -0.2) is 29.9 Å². The summed E-state index contributed by atoms with van der Waals surface area (Å²) >= 11 is 5.91. The normalized spacial score (nSPS) is 15.7. The lowest BCUT2D eigenvalue weighted by molar-refractivity contribution is 0.0950. The van der Waals surface area contributed by atoms with E-state index in [1.165, 1.54) is 6.07 Å². The molecule has 1 aliphatic rings. The van der Waals surface area contributed by atoms with Gasteiger partial charge in [0.1, 0.15) is 5.82 Å². The zero-order chi connectivity index (χ0) is 23.2. The zero-order valence-electron chi connectivity index (χ0n) is 18.1. The van der Waals surface area contributed by atoms with Gasteiger partial charge in [0, 0.05) is 47.4 Å². The van der Waals surface area contributed by atoms with Crippen molar-refractivity contribution in [3.63, 3.8) is 0 Å². The largest absolute Gasteiger partial charge is 0.348 e. The fourth-order valence-electron chi connectivity index (χ4n) is 4.02. The van der Waals surface area contributed by atoms with Crippen LogP contribution in [-0.2, 0) is 6.54 Å². The molecule has 4 rings (SSSR count). The molecule has 33 heavy (non-hydrogen) atoms. The molecule has 1 saturated heterocycles. The van der Waals surface area contributed by atoms with Gasteiger partial charge in [0.25, 0.3) is 5.91 Å². The molecule has 1 fully saturated rings. The maximum atomic E-state index is 13.8. The molecule has 5 nitrogen and oxygen atoms in total. The number of urea groups is 1. The Hall–Kier alpha value is -3.38. The van der Waals surface area contributed by atoms with Gasteiger partial charge < -0.3 is 15.5 Å². The summed E-state index contributed by atoms with van der Waals surface area (Å²) < 4.78 is 13.8. The number of rotatable bonds is 5. The predicted octanol–water partition coefficient (Wildman–Crippen LogP) is 5.82. The van der Waals surface area contributed by atoms with E-state index in [1.807, 2.05) is 18.2 Å². The Bertz CT molecular complexity index is 1140. The van der Waals surface area contributed by atoms with Crippen molar-refractivity contribution in [2.75, 3.05) is 18.4 Å². The van der Waals surface area contributed by atoms with Crippen molar-refractivity contribution in [1.82, 2.24) is 10.2 Å². The first kappa shape index (κ1) is 22.8. The molecule has 2 N–H and O–H groups in total. The number of piperidine rings is 1. The molecule has 170 valence electrons. The molecule has 0 spiro atoms. The number of carbonyl (C=O) groups is 2. The number of benzene rings is 3. The van der Waals surface area contributed by atoms with Crippen LogP contribution in [0.25, 0.3) is 0 Å². The summed E-state index contributed by atoms with van der Waals surface area (Å²) in [5.74, 6) is -0.465. The van der Waals surface area contributed by atoms with Gasteiger partial charge in [0.2, 0.25) is 0 Å². The molecule has 7 heteroatoms. The Morgan fingerprint density at radius 2 is 1.82 bits per heavy atom. The number of anilines is 1. The fraction of sp³-hybridized carbons (Fsp3) is 0.231. The lowest BCUT2D eigenvalue weighted by Crippen LogP contribution is -2.41. The van der Waals surface area contributed by atoms with Gasteiger partial charge in [-0.05, 0) is 60.9 Å². The Kier molecular flexibility index (Phi) is 7.25. The zero-order valence-corrected chi connectivity index (χ0v) is 18.8. The topological polar surface area (TPSA) is 61.4 Å². The van der Waals surface area contributed by atoms with Crippen molar-refractivity contribution in [3.8, 4) is 0 Å². The highest BCUT2D eigenvalue weighted by Gasteiger charge is 2.25. The molecular formula is C26H25ClFN3O2.